The van der Waals surface area contributed by atoms with E-state index >= 15 is 0 Å². The third-order valence-corrected chi connectivity index (χ3v) is 2.87. The number of pyridine rings is 1. The summed E-state index contributed by atoms with van der Waals surface area (Å²) in [6.45, 7) is 4.04. The summed E-state index contributed by atoms with van der Waals surface area (Å²) >= 11 is 0. The SMILES string of the molecule is Cc1cccc(-c2nc3c(N)cc(C)cn3n2)c1. The van der Waals surface area contributed by atoms with Crippen LogP contribution in [0.3, 0.4) is 0 Å². The lowest BCUT2D eigenvalue weighted by Gasteiger charge is -1.97. The number of nitrogens with zero attached hydrogens (tertiary/aromatic N) is 3. The molecule has 0 spiro atoms. The molecule has 0 saturated carbocycles. The highest BCUT2D eigenvalue weighted by Crippen LogP contribution is 2.20. The molecule has 0 bridgehead atoms. The molecule has 4 nitrogen and oxygen atoms in total. The van der Waals surface area contributed by atoms with Crippen molar-refractivity contribution in [1.29, 1.82) is 0 Å². The number of anilines is 1. The van der Waals surface area contributed by atoms with Crippen molar-refractivity contribution in [3.8, 4) is 11.4 Å². The molecule has 3 aromatic rings. The molecular formula is C14H14N4. The van der Waals surface area contributed by atoms with Gasteiger partial charge in [0.05, 0.1) is 5.69 Å². The maximum Gasteiger partial charge on any atom is 0.182 e. The van der Waals surface area contributed by atoms with Gasteiger partial charge >= 0.3 is 0 Å². The van der Waals surface area contributed by atoms with Gasteiger partial charge in [0.15, 0.2) is 11.5 Å². The third-order valence-electron chi connectivity index (χ3n) is 2.87. The van der Waals surface area contributed by atoms with Gasteiger partial charge in [-0.05, 0) is 31.5 Å². The zero-order valence-electron chi connectivity index (χ0n) is 10.4. The first-order valence-corrected chi connectivity index (χ1v) is 5.83. The Bertz CT molecular complexity index is 728. The summed E-state index contributed by atoms with van der Waals surface area (Å²) in [6.07, 6.45) is 1.93. The Morgan fingerprint density at radius 1 is 1.11 bits per heavy atom. The van der Waals surface area contributed by atoms with E-state index in [9.17, 15) is 0 Å². The van der Waals surface area contributed by atoms with Crippen LogP contribution in [0.15, 0.2) is 36.5 Å². The molecule has 18 heavy (non-hydrogen) atoms. The number of fused-ring (bicyclic) bond motifs is 1. The zero-order chi connectivity index (χ0) is 12.7. The maximum atomic E-state index is 5.96. The number of hydrogen-bond donors (Lipinski definition) is 1. The molecule has 0 atom stereocenters. The van der Waals surface area contributed by atoms with Crippen molar-refractivity contribution in [2.75, 3.05) is 5.73 Å². The van der Waals surface area contributed by atoms with Crippen molar-refractivity contribution in [2.24, 2.45) is 0 Å². The lowest BCUT2D eigenvalue weighted by molar-refractivity contribution is 0.957. The van der Waals surface area contributed by atoms with E-state index in [-0.39, 0.29) is 0 Å². The molecular weight excluding hydrogens is 224 g/mol. The second kappa shape index (κ2) is 3.84. The minimum absolute atomic E-state index is 0.654. The zero-order valence-corrected chi connectivity index (χ0v) is 10.4. The van der Waals surface area contributed by atoms with Gasteiger partial charge < -0.3 is 5.73 Å². The molecule has 90 valence electrons. The van der Waals surface area contributed by atoms with Gasteiger partial charge in [-0.3, -0.25) is 0 Å². The Balaban J connectivity index is 2.22. The molecule has 3 rings (SSSR count). The Kier molecular flexibility index (Phi) is 2.30. The van der Waals surface area contributed by atoms with Crippen LogP contribution < -0.4 is 5.73 Å². The minimum Gasteiger partial charge on any atom is -0.396 e. The highest BCUT2D eigenvalue weighted by atomic mass is 15.3. The van der Waals surface area contributed by atoms with Crippen molar-refractivity contribution >= 4 is 11.3 Å². The highest BCUT2D eigenvalue weighted by molar-refractivity contribution is 5.68. The standard InChI is InChI=1S/C14H14N4/c1-9-4-3-5-11(6-9)13-16-14-12(15)7-10(2)8-18(14)17-13/h3-8H,15H2,1-2H3. The van der Waals surface area contributed by atoms with E-state index in [0.29, 0.717) is 17.2 Å². The van der Waals surface area contributed by atoms with E-state index in [1.807, 2.05) is 31.3 Å². The smallest absolute Gasteiger partial charge is 0.182 e. The Morgan fingerprint density at radius 2 is 1.94 bits per heavy atom. The number of hydrogen-bond acceptors (Lipinski definition) is 3. The van der Waals surface area contributed by atoms with Gasteiger partial charge in [0, 0.05) is 11.8 Å². The number of benzene rings is 1. The molecule has 1 aromatic carbocycles. The predicted molar refractivity (Wildman–Crippen MR) is 72.3 cm³/mol. The lowest BCUT2D eigenvalue weighted by Crippen LogP contribution is -1.94. The largest absolute Gasteiger partial charge is 0.396 e. The van der Waals surface area contributed by atoms with E-state index in [1.54, 1.807) is 4.52 Å². The van der Waals surface area contributed by atoms with Gasteiger partial charge in [0.1, 0.15) is 0 Å². The molecule has 0 radical (unpaired) electrons. The van der Waals surface area contributed by atoms with Crippen molar-refractivity contribution in [3.05, 3.63) is 47.7 Å². The first-order chi connectivity index (χ1) is 8.63. The fraction of sp³-hybridized carbons (Fsp3) is 0.143. The summed E-state index contributed by atoms with van der Waals surface area (Å²) in [5.41, 5.74) is 10.6. The maximum absolute atomic E-state index is 5.96. The Morgan fingerprint density at radius 3 is 2.72 bits per heavy atom. The second-order valence-electron chi connectivity index (χ2n) is 4.55. The summed E-state index contributed by atoms with van der Waals surface area (Å²) in [7, 11) is 0. The van der Waals surface area contributed by atoms with Gasteiger partial charge in [-0.25, -0.2) is 9.50 Å². The molecule has 0 aliphatic heterocycles. The third kappa shape index (κ3) is 1.72. The van der Waals surface area contributed by atoms with Gasteiger partial charge in [-0.1, -0.05) is 23.8 Å². The number of rotatable bonds is 1. The molecule has 0 unspecified atom stereocenters. The fourth-order valence-electron chi connectivity index (χ4n) is 2.06. The molecule has 2 N–H and O–H groups in total. The van der Waals surface area contributed by atoms with Crippen LogP contribution in [0.25, 0.3) is 17.0 Å². The average Bonchev–Trinajstić information content (AvgIpc) is 2.73. The quantitative estimate of drug-likeness (QED) is 0.709. The van der Waals surface area contributed by atoms with Crippen LogP contribution >= 0.6 is 0 Å². The summed E-state index contributed by atoms with van der Waals surface area (Å²) < 4.78 is 1.74. The summed E-state index contributed by atoms with van der Waals surface area (Å²) in [5, 5.41) is 4.47. The highest BCUT2D eigenvalue weighted by Gasteiger charge is 2.08. The van der Waals surface area contributed by atoms with Crippen LogP contribution in [0.1, 0.15) is 11.1 Å². The molecule has 4 heteroatoms. The molecule has 2 aromatic heterocycles. The van der Waals surface area contributed by atoms with Gasteiger partial charge in [0.2, 0.25) is 0 Å². The molecule has 0 aliphatic rings. The fourth-order valence-corrected chi connectivity index (χ4v) is 2.06. The average molecular weight is 238 g/mol. The monoisotopic (exact) mass is 238 g/mol. The predicted octanol–water partition coefficient (Wildman–Crippen LogP) is 2.60. The lowest BCUT2D eigenvalue weighted by atomic mass is 10.1. The van der Waals surface area contributed by atoms with Gasteiger partial charge in [-0.2, -0.15) is 0 Å². The number of aryl methyl sites for hydroxylation is 2. The van der Waals surface area contributed by atoms with Crippen molar-refractivity contribution in [1.82, 2.24) is 14.6 Å². The Hall–Kier alpha value is -2.36. The van der Waals surface area contributed by atoms with E-state index in [1.165, 1.54) is 5.56 Å². The normalized spacial score (nSPS) is 11.0. The molecule has 0 fully saturated rings. The van der Waals surface area contributed by atoms with Crippen LogP contribution in [0.2, 0.25) is 0 Å². The first-order valence-electron chi connectivity index (χ1n) is 5.83. The van der Waals surface area contributed by atoms with Crippen LogP contribution in [-0.2, 0) is 0 Å². The minimum atomic E-state index is 0.654. The molecule has 0 amide bonds. The number of nitrogen functional groups attached to an aromatic ring is 1. The molecule has 2 heterocycles. The van der Waals surface area contributed by atoms with Crippen LogP contribution in [0.4, 0.5) is 5.69 Å². The van der Waals surface area contributed by atoms with Crippen LogP contribution in [-0.4, -0.2) is 14.6 Å². The topological polar surface area (TPSA) is 56.2 Å². The van der Waals surface area contributed by atoms with Crippen molar-refractivity contribution < 1.29 is 0 Å². The summed E-state index contributed by atoms with van der Waals surface area (Å²) in [5.74, 6) is 0.705. The number of aromatic nitrogens is 3. The van der Waals surface area contributed by atoms with E-state index < -0.39 is 0 Å². The van der Waals surface area contributed by atoms with E-state index in [2.05, 4.69) is 29.1 Å². The molecule has 0 saturated heterocycles. The van der Waals surface area contributed by atoms with E-state index in [4.69, 9.17) is 5.73 Å². The van der Waals surface area contributed by atoms with Crippen molar-refractivity contribution in [2.45, 2.75) is 13.8 Å². The van der Waals surface area contributed by atoms with Gasteiger partial charge in [-0.15, -0.1) is 5.10 Å². The van der Waals surface area contributed by atoms with E-state index in [0.717, 1.165) is 11.1 Å². The van der Waals surface area contributed by atoms with Crippen LogP contribution in [0, 0.1) is 13.8 Å². The first kappa shape index (κ1) is 10.8. The second-order valence-corrected chi connectivity index (χ2v) is 4.55. The number of nitrogens with two attached hydrogens (primary N) is 1. The van der Waals surface area contributed by atoms with Gasteiger partial charge in [0.25, 0.3) is 0 Å². The van der Waals surface area contributed by atoms with Crippen LogP contribution in [0.5, 0.6) is 0 Å². The summed E-state index contributed by atoms with van der Waals surface area (Å²) in [4.78, 5) is 4.49. The molecule has 0 aliphatic carbocycles. The Labute approximate surface area is 105 Å². The summed E-state index contributed by atoms with van der Waals surface area (Å²) in [6, 6.07) is 10.0. The van der Waals surface area contributed by atoms with Crippen molar-refractivity contribution in [3.63, 3.8) is 0 Å².